The van der Waals surface area contributed by atoms with Crippen molar-refractivity contribution in [1.29, 1.82) is 0 Å². The van der Waals surface area contributed by atoms with E-state index in [2.05, 4.69) is 25.4 Å². The van der Waals surface area contributed by atoms with Gasteiger partial charge in [-0.3, -0.25) is 5.10 Å². The van der Waals surface area contributed by atoms with Gasteiger partial charge in [-0.05, 0) is 6.07 Å². The second kappa shape index (κ2) is 4.78. The summed E-state index contributed by atoms with van der Waals surface area (Å²) in [6.07, 6.45) is 6.39. The Morgan fingerprint density at radius 2 is 2.00 bits per heavy atom. The zero-order valence-corrected chi connectivity index (χ0v) is 6.25. The highest BCUT2D eigenvalue weighted by Crippen LogP contribution is 1.81. The molecule has 0 spiro atoms. The molecule has 12 heavy (non-hydrogen) atoms. The summed E-state index contributed by atoms with van der Waals surface area (Å²) >= 11 is 0. The van der Waals surface area contributed by atoms with Gasteiger partial charge in [0.15, 0.2) is 5.82 Å². The first-order valence-corrected chi connectivity index (χ1v) is 3.21. The SMILES string of the molecule is Nc1c[nH]nn1.c1cncnc1. The minimum atomic E-state index is 0.426. The van der Waals surface area contributed by atoms with Crippen LogP contribution >= 0.6 is 0 Å². The fourth-order valence-electron chi connectivity index (χ4n) is 0.464. The molecule has 0 aliphatic rings. The van der Waals surface area contributed by atoms with Crippen LogP contribution in [-0.2, 0) is 0 Å². The predicted octanol–water partition coefficient (Wildman–Crippen LogP) is -0.137. The summed E-state index contributed by atoms with van der Waals surface area (Å²) in [4.78, 5) is 7.35. The Kier molecular flexibility index (Phi) is 3.23. The molecule has 0 atom stereocenters. The van der Waals surface area contributed by atoms with Crippen molar-refractivity contribution in [3.63, 3.8) is 0 Å². The van der Waals surface area contributed by atoms with Gasteiger partial charge in [-0.2, -0.15) is 0 Å². The Hall–Kier alpha value is -1.98. The minimum absolute atomic E-state index is 0.426. The van der Waals surface area contributed by atoms with Gasteiger partial charge in [0.2, 0.25) is 0 Å². The van der Waals surface area contributed by atoms with Crippen LogP contribution in [0.2, 0.25) is 0 Å². The van der Waals surface area contributed by atoms with Crippen molar-refractivity contribution in [1.82, 2.24) is 25.4 Å². The van der Waals surface area contributed by atoms with Crippen molar-refractivity contribution in [2.75, 3.05) is 5.73 Å². The highest BCUT2D eigenvalue weighted by molar-refractivity contribution is 5.18. The van der Waals surface area contributed by atoms with Gasteiger partial charge in [0, 0.05) is 12.4 Å². The third kappa shape index (κ3) is 3.25. The largest absolute Gasteiger partial charge is 0.381 e. The Bertz CT molecular complexity index is 251. The highest BCUT2D eigenvalue weighted by Gasteiger charge is 1.76. The molecular weight excluding hydrogens is 156 g/mol. The molecule has 0 saturated heterocycles. The van der Waals surface area contributed by atoms with Gasteiger partial charge in [-0.1, -0.05) is 5.21 Å². The van der Waals surface area contributed by atoms with Gasteiger partial charge in [0.05, 0.1) is 6.20 Å². The van der Waals surface area contributed by atoms with Crippen LogP contribution in [0.5, 0.6) is 0 Å². The molecule has 0 aliphatic carbocycles. The van der Waals surface area contributed by atoms with E-state index in [-0.39, 0.29) is 0 Å². The van der Waals surface area contributed by atoms with Gasteiger partial charge in [-0.15, -0.1) is 5.10 Å². The average Bonchev–Trinajstić information content (AvgIpc) is 2.60. The van der Waals surface area contributed by atoms with E-state index in [1.165, 1.54) is 12.5 Å². The van der Waals surface area contributed by atoms with Gasteiger partial charge in [0.1, 0.15) is 6.33 Å². The number of hydrogen-bond acceptors (Lipinski definition) is 5. The van der Waals surface area contributed by atoms with E-state index in [4.69, 9.17) is 5.73 Å². The summed E-state index contributed by atoms with van der Waals surface area (Å²) in [6.45, 7) is 0. The van der Waals surface area contributed by atoms with E-state index in [0.29, 0.717) is 5.82 Å². The molecule has 0 aromatic carbocycles. The van der Waals surface area contributed by atoms with E-state index in [1.54, 1.807) is 18.5 Å². The second-order valence-corrected chi connectivity index (χ2v) is 1.80. The van der Waals surface area contributed by atoms with Gasteiger partial charge >= 0.3 is 0 Å². The lowest BCUT2D eigenvalue weighted by Crippen LogP contribution is -1.81. The summed E-state index contributed by atoms with van der Waals surface area (Å²) < 4.78 is 0. The maximum atomic E-state index is 5.07. The van der Waals surface area contributed by atoms with Crippen molar-refractivity contribution in [3.8, 4) is 0 Å². The minimum Gasteiger partial charge on any atom is -0.381 e. The second-order valence-electron chi connectivity index (χ2n) is 1.80. The van der Waals surface area contributed by atoms with E-state index >= 15 is 0 Å². The molecule has 2 rings (SSSR count). The predicted molar refractivity (Wildman–Crippen MR) is 42.8 cm³/mol. The summed E-state index contributed by atoms with van der Waals surface area (Å²) in [7, 11) is 0. The Labute approximate surface area is 68.9 Å². The van der Waals surface area contributed by atoms with Gasteiger partial charge in [0.25, 0.3) is 0 Å². The van der Waals surface area contributed by atoms with Crippen LogP contribution in [0.15, 0.2) is 31.0 Å². The highest BCUT2D eigenvalue weighted by atomic mass is 15.3. The zero-order valence-electron chi connectivity index (χ0n) is 6.25. The van der Waals surface area contributed by atoms with Crippen molar-refractivity contribution < 1.29 is 0 Å². The molecule has 6 nitrogen and oxygen atoms in total. The summed E-state index contributed by atoms with van der Waals surface area (Å²) in [5, 5.41) is 9.15. The summed E-state index contributed by atoms with van der Waals surface area (Å²) in [5.41, 5.74) is 5.07. The van der Waals surface area contributed by atoms with Crippen LogP contribution in [0.25, 0.3) is 0 Å². The van der Waals surface area contributed by atoms with Crippen LogP contribution in [0.1, 0.15) is 0 Å². The number of rotatable bonds is 0. The molecule has 2 aromatic heterocycles. The number of aromatic amines is 1. The molecule has 0 radical (unpaired) electrons. The van der Waals surface area contributed by atoms with Crippen LogP contribution in [0, 0.1) is 0 Å². The maximum Gasteiger partial charge on any atom is 0.165 e. The molecule has 62 valence electrons. The number of aromatic nitrogens is 5. The first-order chi connectivity index (χ1) is 5.89. The number of nitrogen functional groups attached to an aromatic ring is 1. The molecule has 0 amide bonds. The van der Waals surface area contributed by atoms with E-state index in [9.17, 15) is 0 Å². The normalized spacial score (nSPS) is 8.33. The average molecular weight is 164 g/mol. The molecule has 2 aromatic rings. The molecule has 0 fully saturated rings. The molecule has 2 heterocycles. The molecule has 3 N–H and O–H groups in total. The number of hydrogen-bond donors (Lipinski definition) is 2. The quantitative estimate of drug-likeness (QED) is 0.565. The zero-order chi connectivity index (χ0) is 8.65. The van der Waals surface area contributed by atoms with Crippen molar-refractivity contribution >= 4 is 5.82 Å². The number of nitrogens with two attached hydrogens (primary N) is 1. The summed E-state index contributed by atoms with van der Waals surface area (Å²) in [6, 6.07) is 1.78. The Morgan fingerprint density at radius 3 is 2.17 bits per heavy atom. The first kappa shape index (κ1) is 8.12. The lowest BCUT2D eigenvalue weighted by atomic mass is 10.7. The third-order valence-corrected chi connectivity index (χ3v) is 0.913. The molecule has 0 unspecified atom stereocenters. The standard InChI is InChI=1S/C4H4N2.C2H4N4/c1-2-5-4-6-3-1;3-2-1-4-6-5-2/h1-4H;1H,(H3,3,4,5,6). The monoisotopic (exact) mass is 164 g/mol. The lowest BCUT2D eigenvalue weighted by Gasteiger charge is -1.70. The van der Waals surface area contributed by atoms with Crippen LogP contribution in [0.4, 0.5) is 5.82 Å². The fourth-order valence-corrected chi connectivity index (χ4v) is 0.464. The number of nitrogens with zero attached hydrogens (tertiary/aromatic N) is 4. The van der Waals surface area contributed by atoms with Crippen LogP contribution < -0.4 is 5.73 Å². The Morgan fingerprint density at radius 1 is 1.25 bits per heavy atom. The van der Waals surface area contributed by atoms with Crippen molar-refractivity contribution in [3.05, 3.63) is 31.0 Å². The molecule has 0 saturated carbocycles. The lowest BCUT2D eigenvalue weighted by molar-refractivity contribution is 0.943. The molecule has 0 bridgehead atoms. The molecule has 6 heteroatoms. The van der Waals surface area contributed by atoms with E-state index < -0.39 is 0 Å². The number of anilines is 1. The third-order valence-electron chi connectivity index (χ3n) is 0.913. The topological polar surface area (TPSA) is 93.4 Å². The molecule has 0 aliphatic heterocycles. The number of nitrogens with one attached hydrogen (secondary N) is 1. The maximum absolute atomic E-state index is 5.07. The molecular formula is C6H8N6. The summed E-state index contributed by atoms with van der Waals surface area (Å²) in [5.74, 6) is 0.426. The smallest absolute Gasteiger partial charge is 0.165 e. The fraction of sp³-hybridized carbons (Fsp3) is 0. The number of H-pyrrole nitrogens is 1. The van der Waals surface area contributed by atoms with E-state index in [0.717, 1.165) is 0 Å². The van der Waals surface area contributed by atoms with E-state index in [1.807, 2.05) is 0 Å². The Balaban J connectivity index is 0.000000120. The van der Waals surface area contributed by atoms with Crippen LogP contribution in [-0.4, -0.2) is 25.4 Å². The first-order valence-electron chi connectivity index (χ1n) is 3.21. The van der Waals surface area contributed by atoms with Gasteiger partial charge in [-0.25, -0.2) is 9.97 Å². The van der Waals surface area contributed by atoms with Gasteiger partial charge < -0.3 is 5.73 Å². The van der Waals surface area contributed by atoms with Crippen molar-refractivity contribution in [2.45, 2.75) is 0 Å². The van der Waals surface area contributed by atoms with Crippen LogP contribution in [0.3, 0.4) is 0 Å². The van der Waals surface area contributed by atoms with Crippen molar-refractivity contribution in [2.24, 2.45) is 0 Å².